The first-order valence-electron chi connectivity index (χ1n) is 7.08. The maximum atomic E-state index is 13.0. The van der Waals surface area contributed by atoms with Gasteiger partial charge in [0.05, 0.1) is 0 Å². The molecule has 1 atom stereocenters. The maximum Gasteiger partial charge on any atom is 0.116 e. The number of benzene rings is 3. The summed E-state index contributed by atoms with van der Waals surface area (Å²) in [5.74, 6) is 4.53. The van der Waals surface area contributed by atoms with Crippen molar-refractivity contribution in [1.29, 1.82) is 0 Å². The molecule has 0 spiro atoms. The minimum absolute atomic E-state index is 0.214. The van der Waals surface area contributed by atoms with E-state index in [0.717, 1.165) is 26.8 Å². The molecule has 0 saturated carbocycles. The number of aromatic hydroxyl groups is 1. The van der Waals surface area contributed by atoms with Crippen molar-refractivity contribution in [2.45, 2.75) is 17.6 Å². The van der Waals surface area contributed by atoms with Crippen LogP contribution in [0.4, 0.5) is 0 Å². The molecule has 0 radical (unpaired) electrons. The zero-order valence-electron chi connectivity index (χ0n) is 12.5. The molecule has 3 heteroatoms. The summed E-state index contributed by atoms with van der Waals surface area (Å²) in [5, 5.41) is 11.7. The highest BCUT2D eigenvalue weighted by atomic mass is 32.2. The molecule has 0 fully saturated rings. The highest BCUT2D eigenvalue weighted by Crippen LogP contribution is 2.26. The van der Waals surface area contributed by atoms with Crippen molar-refractivity contribution >= 4 is 26.2 Å². The van der Waals surface area contributed by atoms with Crippen LogP contribution in [0.15, 0.2) is 65.6 Å². The summed E-state index contributed by atoms with van der Waals surface area (Å²) in [6.45, 7) is 2.00. The summed E-state index contributed by atoms with van der Waals surface area (Å²) < 4.78 is 13.0. The molecule has 1 unspecified atom stereocenters. The van der Waals surface area contributed by atoms with E-state index < -0.39 is 9.52 Å². The maximum absolute atomic E-state index is 13.0. The Morgan fingerprint density at radius 3 is 2.50 bits per heavy atom. The van der Waals surface area contributed by atoms with Gasteiger partial charge >= 0.3 is 0 Å². The van der Waals surface area contributed by atoms with E-state index in [1.807, 2.05) is 55.5 Å². The number of phenolic OH excluding ortho intramolecular Hbond substituents is 1. The van der Waals surface area contributed by atoms with Gasteiger partial charge < -0.3 is 5.11 Å². The number of phenols is 1. The molecular formula is C19H18O2S. The van der Waals surface area contributed by atoms with Gasteiger partial charge in [-0.2, -0.15) is 0 Å². The number of rotatable bonds is 3. The summed E-state index contributed by atoms with van der Waals surface area (Å²) in [5.41, 5.74) is 2.07. The first-order chi connectivity index (χ1) is 10.5. The second kappa shape index (κ2) is 5.50. The van der Waals surface area contributed by atoms with Crippen LogP contribution in [0, 0.1) is 6.92 Å². The highest BCUT2D eigenvalue weighted by Gasteiger charge is 2.11. The average molecular weight is 310 g/mol. The molecule has 0 saturated heterocycles. The minimum Gasteiger partial charge on any atom is -0.508 e. The van der Waals surface area contributed by atoms with Crippen LogP contribution in [0.3, 0.4) is 0 Å². The van der Waals surface area contributed by atoms with E-state index >= 15 is 0 Å². The molecule has 3 aromatic rings. The molecule has 0 bridgehead atoms. The minimum atomic E-state index is -2.42. The number of aryl methyl sites for hydroxylation is 1. The van der Waals surface area contributed by atoms with Gasteiger partial charge in [0.15, 0.2) is 0 Å². The van der Waals surface area contributed by atoms with Crippen LogP contribution in [0.25, 0.3) is 10.8 Å². The Bertz CT molecular complexity index is 923. The van der Waals surface area contributed by atoms with Gasteiger partial charge in [-0.3, -0.25) is 4.21 Å². The average Bonchev–Trinajstić information content (AvgIpc) is 2.48. The molecule has 22 heavy (non-hydrogen) atoms. The van der Waals surface area contributed by atoms with E-state index in [1.165, 1.54) is 0 Å². The molecule has 2 nitrogen and oxygen atoms in total. The molecule has 0 aliphatic rings. The molecule has 0 aliphatic heterocycles. The van der Waals surface area contributed by atoms with Crippen molar-refractivity contribution in [3.05, 3.63) is 71.8 Å². The Labute approximate surface area is 131 Å². The van der Waals surface area contributed by atoms with E-state index in [-0.39, 0.29) is 5.75 Å². The van der Waals surface area contributed by atoms with Gasteiger partial charge in [-0.15, -0.1) is 0 Å². The number of hydrogen-bond donors (Lipinski definition) is 1. The molecule has 0 amide bonds. The second-order valence-electron chi connectivity index (χ2n) is 5.59. The third-order valence-corrected chi connectivity index (χ3v) is 5.70. The number of fused-ring (bicyclic) bond motifs is 1. The van der Waals surface area contributed by atoms with E-state index in [0.29, 0.717) is 5.75 Å². The van der Waals surface area contributed by atoms with Gasteiger partial charge in [0.2, 0.25) is 0 Å². The predicted molar refractivity (Wildman–Crippen MR) is 94.0 cm³/mol. The smallest absolute Gasteiger partial charge is 0.116 e. The quantitative estimate of drug-likeness (QED) is 0.739. The van der Waals surface area contributed by atoms with Gasteiger partial charge in [0.1, 0.15) is 5.75 Å². The summed E-state index contributed by atoms with van der Waals surface area (Å²) in [7, 11) is -2.42. The Morgan fingerprint density at radius 2 is 1.77 bits per heavy atom. The SMILES string of the molecule is C=S(=O)(Cc1cccc2ccc(O)cc12)c1ccc(C)cc1. The molecule has 3 rings (SSSR count). The fourth-order valence-electron chi connectivity index (χ4n) is 2.57. The lowest BCUT2D eigenvalue weighted by Crippen LogP contribution is -2.05. The van der Waals surface area contributed by atoms with E-state index in [9.17, 15) is 9.32 Å². The Hall–Kier alpha value is -2.26. The summed E-state index contributed by atoms with van der Waals surface area (Å²) >= 11 is 0. The normalized spacial score (nSPS) is 13.9. The third-order valence-electron chi connectivity index (χ3n) is 3.80. The lowest BCUT2D eigenvalue weighted by molar-refractivity contribution is 0.476. The summed E-state index contributed by atoms with van der Waals surface area (Å²) in [4.78, 5) is 0.759. The molecular weight excluding hydrogens is 292 g/mol. The Kier molecular flexibility index (Phi) is 3.67. The zero-order chi connectivity index (χ0) is 15.7. The number of hydrogen-bond acceptors (Lipinski definition) is 2. The molecule has 0 aliphatic carbocycles. The predicted octanol–water partition coefficient (Wildman–Crippen LogP) is 4.13. The monoisotopic (exact) mass is 310 g/mol. The van der Waals surface area contributed by atoms with Crippen molar-refractivity contribution < 1.29 is 9.32 Å². The van der Waals surface area contributed by atoms with Crippen molar-refractivity contribution in [3.8, 4) is 5.75 Å². The molecule has 0 aromatic heterocycles. The molecule has 1 N–H and O–H groups in total. The Morgan fingerprint density at radius 1 is 1.05 bits per heavy atom. The van der Waals surface area contributed by atoms with Crippen LogP contribution in [0.1, 0.15) is 11.1 Å². The first-order valence-corrected chi connectivity index (χ1v) is 8.98. The van der Waals surface area contributed by atoms with Gasteiger partial charge in [0, 0.05) is 20.2 Å². The van der Waals surface area contributed by atoms with Crippen LogP contribution in [0.5, 0.6) is 5.75 Å². The van der Waals surface area contributed by atoms with Crippen molar-refractivity contribution in [3.63, 3.8) is 0 Å². The Balaban J connectivity index is 2.06. The van der Waals surface area contributed by atoms with Gasteiger partial charge in [0.25, 0.3) is 0 Å². The van der Waals surface area contributed by atoms with Gasteiger partial charge in [-0.25, -0.2) is 0 Å². The van der Waals surface area contributed by atoms with Crippen molar-refractivity contribution in [2.75, 3.05) is 0 Å². The van der Waals surface area contributed by atoms with E-state index in [1.54, 1.807) is 12.1 Å². The topological polar surface area (TPSA) is 37.3 Å². The van der Waals surface area contributed by atoms with Crippen LogP contribution in [0.2, 0.25) is 0 Å². The molecule has 112 valence electrons. The third kappa shape index (κ3) is 2.85. The van der Waals surface area contributed by atoms with E-state index in [4.69, 9.17) is 0 Å². The summed E-state index contributed by atoms with van der Waals surface area (Å²) in [6.07, 6.45) is 0. The summed E-state index contributed by atoms with van der Waals surface area (Å²) in [6, 6.07) is 18.8. The van der Waals surface area contributed by atoms with Gasteiger partial charge in [-0.05, 0) is 53.4 Å². The van der Waals surface area contributed by atoms with Crippen LogP contribution < -0.4 is 0 Å². The fourth-order valence-corrected chi connectivity index (χ4v) is 4.12. The molecule has 3 aromatic carbocycles. The van der Waals surface area contributed by atoms with E-state index in [2.05, 4.69) is 5.87 Å². The van der Waals surface area contributed by atoms with Crippen molar-refractivity contribution in [1.82, 2.24) is 0 Å². The van der Waals surface area contributed by atoms with Crippen LogP contribution in [-0.2, 0) is 15.3 Å². The second-order valence-corrected chi connectivity index (χ2v) is 7.98. The molecule has 0 heterocycles. The van der Waals surface area contributed by atoms with Crippen LogP contribution >= 0.6 is 0 Å². The lowest BCUT2D eigenvalue weighted by Gasteiger charge is -2.12. The lowest BCUT2D eigenvalue weighted by atomic mass is 10.1. The highest BCUT2D eigenvalue weighted by molar-refractivity contribution is 7.99. The van der Waals surface area contributed by atoms with Crippen molar-refractivity contribution in [2.24, 2.45) is 0 Å². The standard InChI is InChI=1S/C19H18O2S/c1-14-6-10-18(11-7-14)22(2,21)13-16-5-3-4-15-8-9-17(20)12-19(15)16/h3-12,20H,2,13H2,1H3. The van der Waals surface area contributed by atoms with Gasteiger partial charge in [-0.1, -0.05) is 42.0 Å². The van der Waals surface area contributed by atoms with Crippen LogP contribution in [-0.4, -0.2) is 15.2 Å². The largest absolute Gasteiger partial charge is 0.508 e. The first kappa shape index (κ1) is 14.7. The zero-order valence-corrected chi connectivity index (χ0v) is 13.3. The fraction of sp³-hybridized carbons (Fsp3) is 0.105.